The van der Waals surface area contributed by atoms with Crippen LogP contribution in [0, 0.1) is 5.92 Å². The van der Waals surface area contributed by atoms with Crippen molar-refractivity contribution in [2.75, 3.05) is 0 Å². The molecule has 0 aliphatic heterocycles. The van der Waals surface area contributed by atoms with E-state index in [0.717, 1.165) is 6.42 Å². The summed E-state index contributed by atoms with van der Waals surface area (Å²) in [5, 5.41) is 0. The number of hydrogen-bond acceptors (Lipinski definition) is 2. The Morgan fingerprint density at radius 3 is 2.16 bits per heavy atom. The standard InChI is InChI=1S/C20H19F3O2/c1-14(2)13-16-3-8-17(9-4-16)19(24)12-7-15-5-10-18(11-6-15)25-20(21,22)23/h3-12,14H,13H2,1-2H3/b12-7+. The fourth-order valence-corrected chi connectivity index (χ4v) is 2.33. The number of alkyl halides is 3. The summed E-state index contributed by atoms with van der Waals surface area (Å²) in [6, 6.07) is 12.8. The third-order valence-corrected chi connectivity index (χ3v) is 3.42. The van der Waals surface area contributed by atoms with E-state index in [1.807, 2.05) is 12.1 Å². The number of ketones is 1. The maximum Gasteiger partial charge on any atom is 0.573 e. The molecule has 2 rings (SSSR count). The summed E-state index contributed by atoms with van der Waals surface area (Å²) in [7, 11) is 0. The van der Waals surface area contributed by atoms with Crippen molar-refractivity contribution in [2.24, 2.45) is 5.92 Å². The lowest BCUT2D eigenvalue weighted by Gasteiger charge is -2.08. The third-order valence-electron chi connectivity index (χ3n) is 3.42. The molecule has 0 saturated heterocycles. The lowest BCUT2D eigenvalue weighted by atomic mass is 10.0. The van der Waals surface area contributed by atoms with Gasteiger partial charge in [-0.05, 0) is 41.7 Å². The molecule has 5 heteroatoms. The second kappa shape index (κ2) is 8.01. The average molecular weight is 348 g/mol. The second-order valence-electron chi connectivity index (χ2n) is 6.11. The van der Waals surface area contributed by atoms with Crippen molar-refractivity contribution in [1.82, 2.24) is 0 Å². The molecule has 0 spiro atoms. The first-order valence-electron chi connectivity index (χ1n) is 7.90. The Labute approximate surface area is 144 Å². The largest absolute Gasteiger partial charge is 0.573 e. The number of rotatable bonds is 6. The van der Waals surface area contributed by atoms with Gasteiger partial charge in [0.15, 0.2) is 5.78 Å². The van der Waals surface area contributed by atoms with Gasteiger partial charge in [0.1, 0.15) is 5.75 Å². The highest BCUT2D eigenvalue weighted by Gasteiger charge is 2.30. The van der Waals surface area contributed by atoms with Gasteiger partial charge >= 0.3 is 6.36 Å². The molecule has 0 aliphatic carbocycles. The van der Waals surface area contributed by atoms with Gasteiger partial charge in [0, 0.05) is 5.56 Å². The van der Waals surface area contributed by atoms with Crippen LogP contribution in [0.2, 0.25) is 0 Å². The van der Waals surface area contributed by atoms with Crippen LogP contribution >= 0.6 is 0 Å². The van der Waals surface area contributed by atoms with E-state index in [-0.39, 0.29) is 11.5 Å². The minimum atomic E-state index is -4.71. The van der Waals surface area contributed by atoms with Crippen LogP contribution in [-0.4, -0.2) is 12.1 Å². The number of hydrogen-bond donors (Lipinski definition) is 0. The van der Waals surface area contributed by atoms with Crippen LogP contribution in [0.4, 0.5) is 13.2 Å². The zero-order valence-corrected chi connectivity index (χ0v) is 14.0. The Morgan fingerprint density at radius 1 is 1.04 bits per heavy atom. The minimum absolute atomic E-state index is 0.160. The van der Waals surface area contributed by atoms with Crippen LogP contribution in [0.25, 0.3) is 6.08 Å². The van der Waals surface area contributed by atoms with Gasteiger partial charge in [0.25, 0.3) is 0 Å². The Kier molecular flexibility index (Phi) is 6.02. The van der Waals surface area contributed by atoms with Gasteiger partial charge in [-0.3, -0.25) is 4.79 Å². The highest BCUT2D eigenvalue weighted by atomic mass is 19.4. The van der Waals surface area contributed by atoms with Crippen LogP contribution < -0.4 is 4.74 Å². The van der Waals surface area contributed by atoms with Gasteiger partial charge < -0.3 is 4.74 Å². The first kappa shape index (κ1) is 18.8. The van der Waals surface area contributed by atoms with Crippen molar-refractivity contribution in [3.05, 3.63) is 71.3 Å². The molecule has 0 radical (unpaired) electrons. The molecule has 25 heavy (non-hydrogen) atoms. The summed E-state index contributed by atoms with van der Waals surface area (Å²) in [4.78, 5) is 12.1. The van der Waals surface area contributed by atoms with Crippen LogP contribution in [0.3, 0.4) is 0 Å². The fraction of sp³-hybridized carbons (Fsp3) is 0.250. The second-order valence-corrected chi connectivity index (χ2v) is 6.11. The highest BCUT2D eigenvalue weighted by Crippen LogP contribution is 2.23. The minimum Gasteiger partial charge on any atom is -0.406 e. The molecule has 2 aromatic rings. The first-order valence-corrected chi connectivity index (χ1v) is 7.90. The normalized spacial score (nSPS) is 11.9. The van der Waals surface area contributed by atoms with Crippen molar-refractivity contribution in [3.8, 4) is 5.75 Å². The van der Waals surface area contributed by atoms with Crippen LogP contribution in [-0.2, 0) is 6.42 Å². The predicted octanol–water partition coefficient (Wildman–Crippen LogP) is 5.68. The van der Waals surface area contributed by atoms with Gasteiger partial charge in [0.05, 0.1) is 0 Å². The van der Waals surface area contributed by atoms with Crippen molar-refractivity contribution >= 4 is 11.9 Å². The number of carbonyl (C=O) groups is 1. The van der Waals surface area contributed by atoms with Crippen LogP contribution in [0.5, 0.6) is 5.75 Å². The lowest BCUT2D eigenvalue weighted by molar-refractivity contribution is -0.274. The number of benzene rings is 2. The summed E-state index contributed by atoms with van der Waals surface area (Å²) >= 11 is 0. The number of ether oxygens (including phenoxy) is 1. The SMILES string of the molecule is CC(C)Cc1ccc(C(=O)/C=C/c2ccc(OC(F)(F)F)cc2)cc1. The molecule has 0 aliphatic rings. The smallest absolute Gasteiger partial charge is 0.406 e. The summed E-state index contributed by atoms with van der Waals surface area (Å²) in [6.07, 6.45) is -0.801. The molecule has 0 aromatic heterocycles. The molecule has 2 aromatic carbocycles. The van der Waals surface area contributed by atoms with E-state index < -0.39 is 6.36 Å². The highest BCUT2D eigenvalue weighted by molar-refractivity contribution is 6.06. The molecule has 0 amide bonds. The maximum atomic E-state index is 12.1. The van der Waals surface area contributed by atoms with E-state index in [0.29, 0.717) is 17.0 Å². The molecule has 0 N–H and O–H groups in total. The van der Waals surface area contributed by atoms with E-state index in [2.05, 4.69) is 18.6 Å². The van der Waals surface area contributed by atoms with Gasteiger partial charge in [0.2, 0.25) is 0 Å². The Bertz CT molecular complexity index is 727. The Morgan fingerprint density at radius 2 is 1.64 bits per heavy atom. The van der Waals surface area contributed by atoms with Gasteiger partial charge in [-0.2, -0.15) is 0 Å². The molecule has 2 nitrogen and oxygen atoms in total. The van der Waals surface area contributed by atoms with E-state index in [4.69, 9.17) is 0 Å². The van der Waals surface area contributed by atoms with Crippen molar-refractivity contribution in [2.45, 2.75) is 26.6 Å². The molecular weight excluding hydrogens is 329 g/mol. The number of carbonyl (C=O) groups excluding carboxylic acids is 1. The molecule has 0 bridgehead atoms. The quantitative estimate of drug-likeness (QED) is 0.496. The molecule has 0 heterocycles. The van der Waals surface area contributed by atoms with E-state index >= 15 is 0 Å². The lowest BCUT2D eigenvalue weighted by Crippen LogP contribution is -2.16. The number of halogens is 3. The van der Waals surface area contributed by atoms with Gasteiger partial charge in [-0.15, -0.1) is 13.2 Å². The van der Waals surface area contributed by atoms with E-state index in [1.54, 1.807) is 18.2 Å². The monoisotopic (exact) mass is 348 g/mol. The first-order chi connectivity index (χ1) is 11.7. The van der Waals surface area contributed by atoms with Crippen LogP contribution in [0.15, 0.2) is 54.6 Å². The van der Waals surface area contributed by atoms with Gasteiger partial charge in [-0.1, -0.05) is 56.3 Å². The van der Waals surface area contributed by atoms with Crippen molar-refractivity contribution in [1.29, 1.82) is 0 Å². The maximum absolute atomic E-state index is 12.1. The molecule has 132 valence electrons. The molecule has 0 unspecified atom stereocenters. The summed E-state index contributed by atoms with van der Waals surface area (Å²) in [6.45, 7) is 4.26. The molecule has 0 saturated carbocycles. The predicted molar refractivity (Wildman–Crippen MR) is 91.5 cm³/mol. The number of allylic oxidation sites excluding steroid dienone is 1. The summed E-state index contributed by atoms with van der Waals surface area (Å²) in [5.41, 5.74) is 2.36. The summed E-state index contributed by atoms with van der Waals surface area (Å²) in [5.74, 6) is 0.0918. The molecule has 0 atom stereocenters. The average Bonchev–Trinajstić information content (AvgIpc) is 2.52. The van der Waals surface area contributed by atoms with E-state index in [9.17, 15) is 18.0 Å². The Balaban J connectivity index is 2.00. The Hall–Kier alpha value is -2.56. The third kappa shape index (κ3) is 6.45. The zero-order valence-electron chi connectivity index (χ0n) is 14.0. The van der Waals surface area contributed by atoms with Crippen molar-refractivity contribution in [3.63, 3.8) is 0 Å². The zero-order chi connectivity index (χ0) is 18.4. The van der Waals surface area contributed by atoms with E-state index in [1.165, 1.54) is 35.9 Å². The molecule has 0 fully saturated rings. The van der Waals surface area contributed by atoms with Gasteiger partial charge in [-0.25, -0.2) is 0 Å². The van der Waals surface area contributed by atoms with Crippen LogP contribution in [0.1, 0.15) is 35.3 Å². The molecular formula is C20H19F3O2. The summed E-state index contributed by atoms with van der Waals surface area (Å²) < 4.78 is 40.1. The van der Waals surface area contributed by atoms with Crippen molar-refractivity contribution < 1.29 is 22.7 Å². The fourth-order valence-electron chi connectivity index (χ4n) is 2.33. The topological polar surface area (TPSA) is 26.3 Å².